The molecular weight excluding hydrogens is 260 g/mol. The maximum Gasteiger partial charge on any atom is 0.0470 e. The van der Waals surface area contributed by atoms with E-state index in [1.807, 2.05) is 0 Å². The third kappa shape index (κ3) is 3.65. The monoisotopic (exact) mass is 288 g/mol. The van der Waals surface area contributed by atoms with Crippen LogP contribution in [0.25, 0.3) is 0 Å². The molecule has 0 aromatic heterocycles. The quantitative estimate of drug-likeness (QED) is 0.874. The Bertz CT molecular complexity index is 452. The van der Waals surface area contributed by atoms with Crippen molar-refractivity contribution in [1.82, 2.24) is 4.90 Å². The molecule has 116 valence electrons. The van der Waals surface area contributed by atoms with Gasteiger partial charge in [-0.3, -0.25) is 4.90 Å². The van der Waals surface area contributed by atoms with Crippen molar-refractivity contribution in [2.75, 3.05) is 33.4 Å². The lowest BCUT2D eigenvalue weighted by molar-refractivity contribution is 0.0506. The fraction of sp³-hybridized carbons (Fsp3) is 0.667. The average molecular weight is 288 g/mol. The van der Waals surface area contributed by atoms with Gasteiger partial charge in [-0.05, 0) is 55.7 Å². The molecular formula is C18H28N2O. The number of rotatable bonds is 6. The summed E-state index contributed by atoms with van der Waals surface area (Å²) in [6.45, 7) is 3.67. The van der Waals surface area contributed by atoms with E-state index in [0.29, 0.717) is 12.6 Å². The van der Waals surface area contributed by atoms with Gasteiger partial charge in [-0.15, -0.1) is 0 Å². The van der Waals surface area contributed by atoms with Gasteiger partial charge >= 0.3 is 0 Å². The van der Waals surface area contributed by atoms with Crippen LogP contribution >= 0.6 is 0 Å². The molecule has 0 spiro atoms. The lowest BCUT2D eigenvalue weighted by Gasteiger charge is -2.33. The Kier molecular flexibility index (Phi) is 4.94. The molecule has 2 N–H and O–H groups in total. The Balaban J connectivity index is 1.71. The van der Waals surface area contributed by atoms with Gasteiger partial charge < -0.3 is 10.5 Å². The number of nitrogens with zero attached hydrogens (tertiary/aromatic N) is 1. The van der Waals surface area contributed by atoms with E-state index in [0.717, 1.165) is 31.6 Å². The van der Waals surface area contributed by atoms with Crippen LogP contribution in [0.2, 0.25) is 0 Å². The Morgan fingerprint density at radius 3 is 2.57 bits per heavy atom. The molecule has 2 aliphatic rings. The first-order valence-corrected chi connectivity index (χ1v) is 8.36. The molecule has 1 aliphatic carbocycles. The highest BCUT2D eigenvalue weighted by Crippen LogP contribution is 2.43. The molecule has 1 aliphatic heterocycles. The number of ether oxygens (including phenoxy) is 1. The zero-order valence-electron chi connectivity index (χ0n) is 13.1. The first-order valence-electron chi connectivity index (χ1n) is 8.36. The Morgan fingerprint density at radius 1 is 1.19 bits per heavy atom. The van der Waals surface area contributed by atoms with E-state index in [2.05, 4.69) is 36.2 Å². The molecule has 3 rings (SSSR count). The zero-order chi connectivity index (χ0) is 14.7. The van der Waals surface area contributed by atoms with Crippen molar-refractivity contribution >= 4 is 0 Å². The molecule has 1 aromatic carbocycles. The molecule has 0 radical (unpaired) electrons. The van der Waals surface area contributed by atoms with Gasteiger partial charge in [-0.1, -0.05) is 24.3 Å². The van der Waals surface area contributed by atoms with E-state index in [1.165, 1.54) is 36.8 Å². The summed E-state index contributed by atoms with van der Waals surface area (Å²) < 4.78 is 5.47. The third-order valence-electron chi connectivity index (χ3n) is 5.01. The van der Waals surface area contributed by atoms with E-state index >= 15 is 0 Å². The van der Waals surface area contributed by atoms with Crippen LogP contribution in [0.15, 0.2) is 24.3 Å². The molecule has 0 bridgehead atoms. The molecule has 1 atom stereocenters. The van der Waals surface area contributed by atoms with Crippen LogP contribution in [0.3, 0.4) is 0 Å². The minimum absolute atomic E-state index is 0.352. The van der Waals surface area contributed by atoms with Crippen molar-refractivity contribution in [3.63, 3.8) is 0 Å². The summed E-state index contributed by atoms with van der Waals surface area (Å²) in [5.41, 5.74) is 9.12. The summed E-state index contributed by atoms with van der Waals surface area (Å²) in [4.78, 5) is 2.47. The van der Waals surface area contributed by atoms with Gasteiger partial charge in [-0.2, -0.15) is 0 Å². The molecule has 21 heavy (non-hydrogen) atoms. The molecule has 1 saturated heterocycles. The molecule has 1 unspecified atom stereocenters. The van der Waals surface area contributed by atoms with Crippen molar-refractivity contribution in [3.8, 4) is 0 Å². The van der Waals surface area contributed by atoms with Crippen LogP contribution in [0.1, 0.15) is 48.8 Å². The summed E-state index contributed by atoms with van der Waals surface area (Å²) in [7, 11) is 2.23. The van der Waals surface area contributed by atoms with Crippen LogP contribution in [-0.2, 0) is 4.74 Å². The topological polar surface area (TPSA) is 38.5 Å². The van der Waals surface area contributed by atoms with E-state index in [9.17, 15) is 0 Å². The number of hydrogen-bond donors (Lipinski definition) is 1. The second-order valence-electron chi connectivity index (χ2n) is 6.65. The smallest absolute Gasteiger partial charge is 0.0470 e. The van der Waals surface area contributed by atoms with Gasteiger partial charge in [0, 0.05) is 32.3 Å². The summed E-state index contributed by atoms with van der Waals surface area (Å²) in [6.07, 6.45) is 5.06. The van der Waals surface area contributed by atoms with Crippen molar-refractivity contribution in [2.45, 2.75) is 37.6 Å². The molecule has 3 heteroatoms. The first-order chi connectivity index (χ1) is 10.3. The third-order valence-corrected chi connectivity index (χ3v) is 5.01. The second-order valence-corrected chi connectivity index (χ2v) is 6.65. The van der Waals surface area contributed by atoms with Crippen molar-refractivity contribution in [1.29, 1.82) is 0 Å². The van der Waals surface area contributed by atoms with Gasteiger partial charge in [0.25, 0.3) is 0 Å². The lowest BCUT2D eigenvalue weighted by atomic mass is 9.94. The largest absolute Gasteiger partial charge is 0.381 e. The van der Waals surface area contributed by atoms with Crippen molar-refractivity contribution in [2.24, 2.45) is 11.7 Å². The lowest BCUT2D eigenvalue weighted by Crippen LogP contribution is -2.36. The second kappa shape index (κ2) is 6.91. The summed E-state index contributed by atoms with van der Waals surface area (Å²) >= 11 is 0. The number of hydrogen-bond acceptors (Lipinski definition) is 3. The maximum atomic E-state index is 6.13. The van der Waals surface area contributed by atoms with E-state index in [1.54, 1.807) is 0 Å². The fourth-order valence-corrected chi connectivity index (χ4v) is 3.59. The van der Waals surface area contributed by atoms with Crippen LogP contribution in [0, 0.1) is 5.92 Å². The highest BCUT2D eigenvalue weighted by atomic mass is 16.5. The van der Waals surface area contributed by atoms with E-state index in [4.69, 9.17) is 10.5 Å². The Labute approximate surface area is 128 Å². The van der Waals surface area contributed by atoms with Crippen LogP contribution in [0.5, 0.6) is 0 Å². The van der Waals surface area contributed by atoms with Gasteiger partial charge in [-0.25, -0.2) is 0 Å². The van der Waals surface area contributed by atoms with Gasteiger partial charge in [0.2, 0.25) is 0 Å². The predicted octanol–water partition coefficient (Wildman–Crippen LogP) is 2.92. The van der Waals surface area contributed by atoms with E-state index in [-0.39, 0.29) is 0 Å². The zero-order valence-corrected chi connectivity index (χ0v) is 13.1. The predicted molar refractivity (Wildman–Crippen MR) is 86.4 cm³/mol. The standard InChI is InChI=1S/C18H28N2O/c1-20(13-14-8-10-21-11-9-14)18(12-19)17-5-3-2-4-16(17)15-6-7-15/h2-5,14-15,18H,6-13,19H2,1H3. The average Bonchev–Trinajstić information content (AvgIpc) is 3.34. The first kappa shape index (κ1) is 15.0. The number of nitrogens with two attached hydrogens (primary N) is 1. The Hall–Kier alpha value is -0.900. The SMILES string of the molecule is CN(CC1CCOCC1)C(CN)c1ccccc1C1CC1. The summed E-state index contributed by atoms with van der Waals surface area (Å²) in [5, 5.41) is 0. The minimum Gasteiger partial charge on any atom is -0.381 e. The highest BCUT2D eigenvalue weighted by molar-refractivity contribution is 5.35. The highest BCUT2D eigenvalue weighted by Gasteiger charge is 2.29. The molecule has 1 heterocycles. The molecule has 2 fully saturated rings. The van der Waals surface area contributed by atoms with Gasteiger partial charge in [0.05, 0.1) is 0 Å². The maximum absolute atomic E-state index is 6.13. The molecule has 3 nitrogen and oxygen atoms in total. The summed E-state index contributed by atoms with van der Waals surface area (Å²) in [5.74, 6) is 1.54. The van der Waals surface area contributed by atoms with Crippen molar-refractivity contribution in [3.05, 3.63) is 35.4 Å². The minimum atomic E-state index is 0.352. The molecule has 1 saturated carbocycles. The van der Waals surface area contributed by atoms with E-state index < -0.39 is 0 Å². The number of benzene rings is 1. The van der Waals surface area contributed by atoms with Gasteiger partial charge in [0.15, 0.2) is 0 Å². The van der Waals surface area contributed by atoms with Crippen LogP contribution in [-0.4, -0.2) is 38.3 Å². The van der Waals surface area contributed by atoms with Crippen LogP contribution in [0.4, 0.5) is 0 Å². The Morgan fingerprint density at radius 2 is 1.90 bits per heavy atom. The molecule has 1 aromatic rings. The fourth-order valence-electron chi connectivity index (χ4n) is 3.59. The molecule has 0 amide bonds. The normalized spacial score (nSPS) is 21.7. The number of likely N-dealkylation sites (N-methyl/N-ethyl adjacent to an activating group) is 1. The summed E-state index contributed by atoms with van der Waals surface area (Å²) in [6, 6.07) is 9.27. The van der Waals surface area contributed by atoms with Crippen LogP contribution < -0.4 is 5.73 Å². The van der Waals surface area contributed by atoms with Gasteiger partial charge in [0.1, 0.15) is 0 Å². The van der Waals surface area contributed by atoms with Crippen molar-refractivity contribution < 1.29 is 4.74 Å².